The quantitative estimate of drug-likeness (QED) is 0.930. The molecule has 1 fully saturated rings. The number of carbonyl (C=O) groups is 2. The summed E-state index contributed by atoms with van der Waals surface area (Å²) >= 11 is 0. The van der Waals surface area contributed by atoms with Crippen LogP contribution < -0.4 is 15.0 Å². The van der Waals surface area contributed by atoms with E-state index in [0.717, 1.165) is 22.5 Å². The summed E-state index contributed by atoms with van der Waals surface area (Å²) in [4.78, 5) is 26.6. The van der Waals surface area contributed by atoms with Gasteiger partial charge in [-0.3, -0.25) is 9.59 Å². The highest BCUT2D eigenvalue weighted by Crippen LogP contribution is 2.29. The molecule has 2 amide bonds. The molecular weight excluding hydrogens is 316 g/mol. The van der Waals surface area contributed by atoms with Crippen molar-refractivity contribution >= 4 is 23.2 Å². The van der Waals surface area contributed by atoms with Gasteiger partial charge in [0.25, 0.3) is 0 Å². The first-order chi connectivity index (χ1) is 12.0. The normalized spacial score (nSPS) is 16.8. The fraction of sp³-hybridized carbons (Fsp3) is 0.300. The van der Waals surface area contributed by atoms with Crippen molar-refractivity contribution in [2.45, 2.75) is 20.3 Å². The molecule has 0 aliphatic carbocycles. The molecule has 0 saturated carbocycles. The fourth-order valence-corrected chi connectivity index (χ4v) is 3.02. The van der Waals surface area contributed by atoms with Crippen molar-refractivity contribution in [3.05, 3.63) is 53.6 Å². The first-order valence-corrected chi connectivity index (χ1v) is 8.30. The van der Waals surface area contributed by atoms with Crippen LogP contribution in [0, 0.1) is 19.8 Å². The Kier molecular flexibility index (Phi) is 4.74. The van der Waals surface area contributed by atoms with Gasteiger partial charge in [-0.25, -0.2) is 0 Å². The highest BCUT2D eigenvalue weighted by atomic mass is 16.5. The Morgan fingerprint density at radius 2 is 2.00 bits per heavy atom. The third-order valence-corrected chi connectivity index (χ3v) is 4.51. The number of benzene rings is 2. The molecule has 1 unspecified atom stereocenters. The van der Waals surface area contributed by atoms with E-state index in [0.29, 0.717) is 12.3 Å². The number of anilines is 2. The topological polar surface area (TPSA) is 58.6 Å². The maximum atomic E-state index is 12.6. The highest BCUT2D eigenvalue weighted by Gasteiger charge is 2.35. The Morgan fingerprint density at radius 3 is 2.76 bits per heavy atom. The van der Waals surface area contributed by atoms with Gasteiger partial charge in [0.2, 0.25) is 11.8 Å². The van der Waals surface area contributed by atoms with Crippen LogP contribution in [-0.4, -0.2) is 25.5 Å². The number of amides is 2. The molecule has 1 heterocycles. The zero-order valence-electron chi connectivity index (χ0n) is 14.7. The van der Waals surface area contributed by atoms with E-state index in [4.69, 9.17) is 4.74 Å². The first kappa shape index (κ1) is 17.0. The molecule has 2 aromatic carbocycles. The van der Waals surface area contributed by atoms with Crippen LogP contribution in [0.5, 0.6) is 5.75 Å². The van der Waals surface area contributed by atoms with Crippen molar-refractivity contribution in [1.29, 1.82) is 0 Å². The number of hydrogen-bond acceptors (Lipinski definition) is 3. The second kappa shape index (κ2) is 6.97. The number of aryl methyl sites for hydroxylation is 2. The van der Waals surface area contributed by atoms with Gasteiger partial charge in [-0.05, 0) is 43.2 Å². The van der Waals surface area contributed by atoms with Crippen LogP contribution in [0.2, 0.25) is 0 Å². The second-order valence-corrected chi connectivity index (χ2v) is 6.41. The van der Waals surface area contributed by atoms with Crippen LogP contribution in [0.4, 0.5) is 11.4 Å². The zero-order valence-corrected chi connectivity index (χ0v) is 14.7. The van der Waals surface area contributed by atoms with Gasteiger partial charge < -0.3 is 15.0 Å². The summed E-state index contributed by atoms with van der Waals surface area (Å²) in [5.41, 5.74) is 3.65. The molecular formula is C20H22N2O3. The summed E-state index contributed by atoms with van der Waals surface area (Å²) in [6.07, 6.45) is 0.216. The molecule has 1 aliphatic rings. The number of nitrogens with zero attached hydrogens (tertiary/aromatic N) is 1. The molecule has 130 valence electrons. The molecule has 1 saturated heterocycles. The van der Waals surface area contributed by atoms with Crippen LogP contribution in [0.15, 0.2) is 42.5 Å². The van der Waals surface area contributed by atoms with Gasteiger partial charge in [0.1, 0.15) is 5.75 Å². The average Bonchev–Trinajstić information content (AvgIpc) is 3.00. The highest BCUT2D eigenvalue weighted by molar-refractivity contribution is 6.03. The lowest BCUT2D eigenvalue weighted by atomic mass is 10.1. The number of carbonyl (C=O) groups excluding carboxylic acids is 2. The average molecular weight is 338 g/mol. The summed E-state index contributed by atoms with van der Waals surface area (Å²) in [5.74, 6) is 0.161. The van der Waals surface area contributed by atoms with Gasteiger partial charge in [-0.1, -0.05) is 18.2 Å². The summed E-state index contributed by atoms with van der Waals surface area (Å²) in [6, 6.07) is 13.3. The molecule has 3 rings (SSSR count). The Bertz CT molecular complexity index is 816. The van der Waals surface area contributed by atoms with Gasteiger partial charge in [0.05, 0.1) is 13.0 Å². The predicted molar refractivity (Wildman–Crippen MR) is 98.0 cm³/mol. The van der Waals surface area contributed by atoms with Crippen LogP contribution in [0.3, 0.4) is 0 Å². The van der Waals surface area contributed by atoms with E-state index in [-0.39, 0.29) is 24.2 Å². The number of methoxy groups -OCH3 is 1. The van der Waals surface area contributed by atoms with Gasteiger partial charge in [-0.15, -0.1) is 0 Å². The van der Waals surface area contributed by atoms with Gasteiger partial charge >= 0.3 is 0 Å². The lowest BCUT2D eigenvalue weighted by Gasteiger charge is -2.17. The van der Waals surface area contributed by atoms with Crippen molar-refractivity contribution in [2.24, 2.45) is 5.92 Å². The van der Waals surface area contributed by atoms with Gasteiger partial charge in [-0.2, -0.15) is 0 Å². The van der Waals surface area contributed by atoms with E-state index in [9.17, 15) is 9.59 Å². The Hall–Kier alpha value is -2.82. The van der Waals surface area contributed by atoms with Crippen LogP contribution in [0.25, 0.3) is 0 Å². The zero-order chi connectivity index (χ0) is 18.0. The van der Waals surface area contributed by atoms with Crippen molar-refractivity contribution in [2.75, 3.05) is 23.9 Å². The summed E-state index contributed by atoms with van der Waals surface area (Å²) in [5, 5.41) is 2.97. The molecule has 2 aromatic rings. The van der Waals surface area contributed by atoms with Crippen LogP contribution >= 0.6 is 0 Å². The molecule has 1 atom stereocenters. The fourth-order valence-electron chi connectivity index (χ4n) is 3.02. The smallest absolute Gasteiger partial charge is 0.229 e. The standard InChI is InChI=1S/C20H22N2O3/c1-13-7-8-14(2)18(9-13)21-20(24)15-10-19(23)22(12-15)16-5-4-6-17(11-16)25-3/h4-9,11,15H,10,12H2,1-3H3,(H,21,24). The van der Waals surface area contributed by atoms with E-state index in [1.807, 2.05) is 56.3 Å². The monoisotopic (exact) mass is 338 g/mol. The molecule has 0 spiro atoms. The molecule has 0 bridgehead atoms. The predicted octanol–water partition coefficient (Wildman–Crippen LogP) is 3.30. The van der Waals surface area contributed by atoms with Crippen LogP contribution in [0.1, 0.15) is 17.5 Å². The second-order valence-electron chi connectivity index (χ2n) is 6.41. The Balaban J connectivity index is 1.73. The maximum Gasteiger partial charge on any atom is 0.229 e. The largest absolute Gasteiger partial charge is 0.497 e. The summed E-state index contributed by atoms with van der Waals surface area (Å²) < 4.78 is 5.21. The SMILES string of the molecule is COc1cccc(N2CC(C(=O)Nc3cc(C)ccc3C)CC2=O)c1. The van der Waals surface area contributed by atoms with E-state index < -0.39 is 0 Å². The molecule has 25 heavy (non-hydrogen) atoms. The molecule has 1 aliphatic heterocycles. The summed E-state index contributed by atoms with van der Waals surface area (Å²) in [7, 11) is 1.59. The number of rotatable bonds is 4. The lowest BCUT2D eigenvalue weighted by Crippen LogP contribution is -2.28. The molecule has 0 radical (unpaired) electrons. The number of nitrogens with one attached hydrogen (secondary N) is 1. The minimum Gasteiger partial charge on any atom is -0.497 e. The molecule has 5 heteroatoms. The number of ether oxygens (including phenoxy) is 1. The molecule has 0 aromatic heterocycles. The van der Waals surface area contributed by atoms with Crippen molar-refractivity contribution in [3.63, 3.8) is 0 Å². The minimum absolute atomic E-state index is 0.0469. The van der Waals surface area contributed by atoms with E-state index in [1.165, 1.54) is 0 Å². The summed E-state index contributed by atoms with van der Waals surface area (Å²) in [6.45, 7) is 4.32. The van der Waals surface area contributed by atoms with E-state index in [2.05, 4.69) is 5.32 Å². The Labute approximate surface area is 147 Å². The molecule has 5 nitrogen and oxygen atoms in total. The molecule has 1 N–H and O–H groups in total. The maximum absolute atomic E-state index is 12.6. The minimum atomic E-state index is -0.362. The van der Waals surface area contributed by atoms with Crippen molar-refractivity contribution in [1.82, 2.24) is 0 Å². The van der Waals surface area contributed by atoms with E-state index in [1.54, 1.807) is 12.0 Å². The van der Waals surface area contributed by atoms with Crippen molar-refractivity contribution in [3.8, 4) is 5.75 Å². The van der Waals surface area contributed by atoms with Gasteiger partial charge in [0, 0.05) is 30.4 Å². The lowest BCUT2D eigenvalue weighted by molar-refractivity contribution is -0.122. The van der Waals surface area contributed by atoms with Gasteiger partial charge in [0.15, 0.2) is 0 Å². The Morgan fingerprint density at radius 1 is 1.20 bits per heavy atom. The third-order valence-electron chi connectivity index (χ3n) is 4.51. The van der Waals surface area contributed by atoms with Crippen LogP contribution in [-0.2, 0) is 9.59 Å². The third kappa shape index (κ3) is 3.65. The first-order valence-electron chi connectivity index (χ1n) is 8.30. The van der Waals surface area contributed by atoms with E-state index >= 15 is 0 Å². The number of hydrogen-bond donors (Lipinski definition) is 1. The van der Waals surface area contributed by atoms with Crippen molar-refractivity contribution < 1.29 is 14.3 Å².